The summed E-state index contributed by atoms with van der Waals surface area (Å²) in [5.74, 6) is -0.0359. The van der Waals surface area contributed by atoms with E-state index in [9.17, 15) is 10.2 Å². The van der Waals surface area contributed by atoms with Gasteiger partial charge in [0.2, 0.25) is 0 Å². The van der Waals surface area contributed by atoms with E-state index in [1.165, 1.54) is 38.5 Å². The summed E-state index contributed by atoms with van der Waals surface area (Å²) in [7, 11) is -0.578. The molecule has 0 spiro atoms. The van der Waals surface area contributed by atoms with Crippen molar-refractivity contribution < 1.29 is 39.8 Å². The Morgan fingerprint density at radius 2 is 1.00 bits per heavy atom. The minimum absolute atomic E-state index is 0.0364. The van der Waals surface area contributed by atoms with E-state index in [2.05, 4.69) is 0 Å². The van der Waals surface area contributed by atoms with E-state index < -0.39 is 14.2 Å². The zero-order valence-electron chi connectivity index (χ0n) is 13.1. The topological polar surface area (TPSA) is 140 Å². The van der Waals surface area contributed by atoms with Crippen molar-refractivity contribution in [3.63, 3.8) is 0 Å². The average Bonchev–Trinajstić information content (AvgIpc) is 2.55. The van der Waals surface area contributed by atoms with Crippen LogP contribution in [-0.2, 0) is 0 Å². The average molecular weight is 336 g/mol. The molecule has 0 saturated carbocycles. The fourth-order valence-electron chi connectivity index (χ4n) is 1.82. The first-order chi connectivity index (χ1) is 11.3. The highest BCUT2D eigenvalue weighted by molar-refractivity contribution is 6.60. The van der Waals surface area contributed by atoms with Crippen molar-refractivity contribution in [3.05, 3.63) is 36.4 Å². The predicted octanol–water partition coefficient (Wildman–Crippen LogP) is -1.84. The molecule has 2 aromatic carbocycles. The van der Waals surface area contributed by atoms with Crippen molar-refractivity contribution in [3.8, 4) is 23.0 Å². The Morgan fingerprint density at radius 3 is 1.25 bits per heavy atom. The zero-order valence-corrected chi connectivity index (χ0v) is 13.1. The van der Waals surface area contributed by atoms with Crippen LogP contribution in [0.15, 0.2) is 36.4 Å². The Hall–Kier alpha value is -2.39. The summed E-state index contributed by atoms with van der Waals surface area (Å²) in [6.07, 6.45) is 0. The first-order valence-corrected chi connectivity index (χ1v) is 6.77. The van der Waals surface area contributed by atoms with Crippen LogP contribution in [0.4, 0.5) is 0 Å². The lowest BCUT2D eigenvalue weighted by molar-refractivity contribution is 0.371. The Labute approximate surface area is 139 Å². The van der Waals surface area contributed by atoms with E-state index in [-0.39, 0.29) is 33.9 Å². The zero-order chi connectivity index (χ0) is 18.3. The van der Waals surface area contributed by atoms with Gasteiger partial charge in [0.1, 0.15) is 0 Å². The maximum absolute atomic E-state index is 9.31. The lowest BCUT2D eigenvalue weighted by Crippen LogP contribution is -2.30. The standard InChI is InChI=1S/2C7H9BO4/c2*1-12-6-4-2-3-5(7(6)9)8(10)11/h2*2-4,9-11H,1H3. The lowest BCUT2D eigenvalue weighted by Gasteiger charge is -2.06. The van der Waals surface area contributed by atoms with Crippen molar-refractivity contribution in [2.24, 2.45) is 0 Å². The van der Waals surface area contributed by atoms with Crippen LogP contribution in [-0.4, -0.2) is 58.8 Å². The number of ether oxygens (including phenoxy) is 2. The molecule has 0 saturated heterocycles. The van der Waals surface area contributed by atoms with Crippen molar-refractivity contribution >= 4 is 25.2 Å². The third kappa shape index (κ3) is 4.80. The predicted molar refractivity (Wildman–Crippen MR) is 89.0 cm³/mol. The second-order valence-electron chi connectivity index (χ2n) is 4.54. The summed E-state index contributed by atoms with van der Waals surface area (Å²) in [6, 6.07) is 8.99. The Kier molecular flexibility index (Phi) is 7.40. The van der Waals surface area contributed by atoms with E-state index in [0.29, 0.717) is 0 Å². The van der Waals surface area contributed by atoms with Crippen molar-refractivity contribution in [1.82, 2.24) is 0 Å². The number of hydrogen-bond donors (Lipinski definition) is 6. The fourth-order valence-corrected chi connectivity index (χ4v) is 1.82. The quantitative estimate of drug-likeness (QED) is 0.358. The number of aromatic hydroxyl groups is 2. The molecule has 2 aromatic rings. The molecule has 0 amide bonds. The third-order valence-corrected chi connectivity index (χ3v) is 3.06. The molecule has 10 heteroatoms. The number of rotatable bonds is 4. The minimum atomic E-state index is -1.68. The van der Waals surface area contributed by atoms with Crippen LogP contribution in [0.3, 0.4) is 0 Å². The first kappa shape index (κ1) is 19.7. The molecule has 0 unspecified atom stereocenters. The largest absolute Gasteiger partial charge is 0.505 e. The minimum Gasteiger partial charge on any atom is -0.505 e. The molecule has 0 fully saturated rings. The van der Waals surface area contributed by atoms with Crippen LogP contribution in [0.1, 0.15) is 0 Å². The molecule has 0 radical (unpaired) electrons. The van der Waals surface area contributed by atoms with E-state index in [1.807, 2.05) is 0 Å². The van der Waals surface area contributed by atoms with Gasteiger partial charge in [0.05, 0.1) is 14.2 Å². The maximum Gasteiger partial charge on any atom is 0.492 e. The first-order valence-electron chi connectivity index (χ1n) is 6.77. The van der Waals surface area contributed by atoms with Crippen LogP contribution >= 0.6 is 0 Å². The SMILES string of the molecule is COc1cccc(B(O)O)c1O.COc1cccc(B(O)O)c1O. The van der Waals surface area contributed by atoms with Gasteiger partial charge in [-0.3, -0.25) is 0 Å². The smallest absolute Gasteiger partial charge is 0.492 e. The lowest BCUT2D eigenvalue weighted by atomic mass is 9.79. The van der Waals surface area contributed by atoms with Gasteiger partial charge in [-0.25, -0.2) is 0 Å². The van der Waals surface area contributed by atoms with E-state index in [4.69, 9.17) is 29.6 Å². The highest BCUT2D eigenvalue weighted by atomic mass is 16.5. The Balaban J connectivity index is 0.000000240. The molecule has 6 N–H and O–H groups in total. The van der Waals surface area contributed by atoms with Crippen molar-refractivity contribution in [2.45, 2.75) is 0 Å². The molecule has 128 valence electrons. The molecule has 0 aliphatic carbocycles. The van der Waals surface area contributed by atoms with Gasteiger partial charge in [0, 0.05) is 10.9 Å². The molecule has 0 aliphatic rings. The van der Waals surface area contributed by atoms with E-state index >= 15 is 0 Å². The summed E-state index contributed by atoms with van der Waals surface area (Å²) in [4.78, 5) is 0. The third-order valence-electron chi connectivity index (χ3n) is 3.06. The van der Waals surface area contributed by atoms with Gasteiger partial charge in [0.25, 0.3) is 0 Å². The molecule has 8 nitrogen and oxygen atoms in total. The highest BCUT2D eigenvalue weighted by Gasteiger charge is 2.18. The second-order valence-corrected chi connectivity index (χ2v) is 4.54. The molecular formula is C14H18B2O8. The summed E-state index contributed by atoms with van der Waals surface area (Å²) in [5.41, 5.74) is 0.0729. The molecule has 0 heterocycles. The number of para-hydroxylation sites is 2. The van der Waals surface area contributed by atoms with E-state index in [1.54, 1.807) is 12.1 Å². The molecule has 24 heavy (non-hydrogen) atoms. The fraction of sp³-hybridized carbons (Fsp3) is 0.143. The monoisotopic (exact) mass is 336 g/mol. The van der Waals surface area contributed by atoms with Crippen LogP contribution < -0.4 is 20.4 Å². The van der Waals surface area contributed by atoms with Gasteiger partial charge < -0.3 is 39.8 Å². The number of hydrogen-bond acceptors (Lipinski definition) is 8. The molecule has 0 atom stereocenters. The van der Waals surface area contributed by atoms with Crippen LogP contribution in [0, 0.1) is 0 Å². The van der Waals surface area contributed by atoms with Gasteiger partial charge in [-0.15, -0.1) is 0 Å². The number of phenols is 2. The normalized spacial score (nSPS) is 9.58. The number of phenolic OH excluding ortho intramolecular Hbond substituents is 2. The number of benzene rings is 2. The Bertz CT molecular complexity index is 606. The van der Waals surface area contributed by atoms with Gasteiger partial charge in [-0.1, -0.05) is 24.3 Å². The van der Waals surface area contributed by atoms with Crippen LogP contribution in [0.25, 0.3) is 0 Å². The number of methoxy groups -OCH3 is 2. The molecule has 0 aliphatic heterocycles. The van der Waals surface area contributed by atoms with Gasteiger partial charge in [-0.2, -0.15) is 0 Å². The maximum atomic E-state index is 9.31. The molecular weight excluding hydrogens is 318 g/mol. The molecule has 0 aromatic heterocycles. The summed E-state index contributed by atoms with van der Waals surface area (Å²) < 4.78 is 9.53. The van der Waals surface area contributed by atoms with Crippen molar-refractivity contribution in [2.75, 3.05) is 14.2 Å². The summed E-state index contributed by atoms with van der Waals surface area (Å²) in [6.45, 7) is 0. The van der Waals surface area contributed by atoms with Gasteiger partial charge >= 0.3 is 14.2 Å². The molecule has 0 bridgehead atoms. The van der Waals surface area contributed by atoms with Crippen LogP contribution in [0.2, 0.25) is 0 Å². The van der Waals surface area contributed by atoms with Crippen molar-refractivity contribution in [1.29, 1.82) is 0 Å². The summed E-state index contributed by atoms with van der Waals surface area (Å²) in [5, 5.41) is 53.7. The summed E-state index contributed by atoms with van der Waals surface area (Å²) >= 11 is 0. The second kappa shape index (κ2) is 9.04. The van der Waals surface area contributed by atoms with Gasteiger partial charge in [-0.05, 0) is 12.1 Å². The Morgan fingerprint density at radius 1 is 0.667 bits per heavy atom. The highest BCUT2D eigenvalue weighted by Crippen LogP contribution is 2.22. The van der Waals surface area contributed by atoms with E-state index in [0.717, 1.165) is 0 Å². The van der Waals surface area contributed by atoms with Crippen LogP contribution in [0.5, 0.6) is 23.0 Å². The molecule has 2 rings (SSSR count). The van der Waals surface area contributed by atoms with Gasteiger partial charge in [0.15, 0.2) is 23.0 Å².